The van der Waals surface area contributed by atoms with E-state index in [4.69, 9.17) is 28.1 Å². The molecule has 8 atom stereocenters. The lowest BCUT2D eigenvalue weighted by Gasteiger charge is -2.39. The number of hydrogen-bond donors (Lipinski definition) is 5. The van der Waals surface area contributed by atoms with Gasteiger partial charge in [-0.3, -0.25) is 4.79 Å². The summed E-state index contributed by atoms with van der Waals surface area (Å²) >= 11 is 0. The van der Waals surface area contributed by atoms with E-state index in [9.17, 15) is 30.3 Å². The fraction of sp³-hybridized carbons (Fsp3) is 0.581. The zero-order chi connectivity index (χ0) is 31.6. The van der Waals surface area contributed by atoms with Crippen LogP contribution in [0.2, 0.25) is 0 Å². The molecule has 238 valence electrons. The summed E-state index contributed by atoms with van der Waals surface area (Å²) in [5.41, 5.74) is -0.394. The molecule has 12 nitrogen and oxygen atoms in total. The molecule has 2 aromatic carbocycles. The van der Waals surface area contributed by atoms with E-state index in [0.29, 0.717) is 24.3 Å². The normalized spacial score (nSPS) is 24.5. The first-order valence-corrected chi connectivity index (χ1v) is 14.7. The first-order valence-electron chi connectivity index (χ1n) is 14.7. The molecule has 1 aliphatic rings. The Bertz CT molecular complexity index is 1470. The Hall–Kier alpha value is -3.29. The van der Waals surface area contributed by atoms with E-state index < -0.39 is 48.5 Å². The van der Waals surface area contributed by atoms with Crippen molar-refractivity contribution in [3.05, 3.63) is 28.4 Å². The molecule has 0 aliphatic carbocycles. The number of aromatic hydroxyl groups is 1. The van der Waals surface area contributed by atoms with Crippen LogP contribution >= 0.6 is 0 Å². The number of rotatable bonds is 12. The number of ether oxygens (including phenoxy) is 5. The molecule has 3 aromatic rings. The number of aliphatic hydroxyl groups is 4. The Labute approximate surface area is 249 Å². The number of aliphatic hydroxyl groups excluding tert-OH is 4. The van der Waals surface area contributed by atoms with Crippen LogP contribution in [0, 0.1) is 0 Å². The minimum atomic E-state index is -1.76. The van der Waals surface area contributed by atoms with Crippen LogP contribution in [0.25, 0.3) is 21.9 Å². The van der Waals surface area contributed by atoms with Gasteiger partial charge in [-0.25, -0.2) is 0 Å². The fourth-order valence-electron chi connectivity index (χ4n) is 4.53. The molecule has 1 saturated heterocycles. The summed E-state index contributed by atoms with van der Waals surface area (Å²) in [6.07, 6.45) is -6.62. The molecular formula is C31H42O12. The van der Waals surface area contributed by atoms with Crippen molar-refractivity contribution in [3.63, 3.8) is 0 Å². The van der Waals surface area contributed by atoms with Crippen LogP contribution < -0.4 is 24.4 Å². The zero-order valence-corrected chi connectivity index (χ0v) is 25.3. The molecule has 1 aromatic heterocycles. The molecule has 1 fully saturated rings. The average Bonchev–Trinajstić information content (AvgIpc) is 2.99. The van der Waals surface area contributed by atoms with Gasteiger partial charge in [0, 0.05) is 12.1 Å². The Morgan fingerprint density at radius 1 is 0.791 bits per heavy atom. The van der Waals surface area contributed by atoms with Crippen molar-refractivity contribution in [2.75, 3.05) is 6.61 Å². The molecular weight excluding hydrogens is 564 g/mol. The highest BCUT2D eigenvalue weighted by Gasteiger charge is 2.45. The van der Waals surface area contributed by atoms with Crippen LogP contribution in [0.15, 0.2) is 27.4 Å². The molecule has 0 bridgehead atoms. The van der Waals surface area contributed by atoms with Crippen molar-refractivity contribution in [2.24, 2.45) is 0 Å². The van der Waals surface area contributed by atoms with Crippen LogP contribution in [0.4, 0.5) is 0 Å². The van der Waals surface area contributed by atoms with Gasteiger partial charge in [-0.1, -0.05) is 20.8 Å². The minimum Gasteiger partial charge on any atom is -0.504 e. The molecule has 12 heteroatoms. The third kappa shape index (κ3) is 6.63. The van der Waals surface area contributed by atoms with Gasteiger partial charge in [0.25, 0.3) is 0 Å². The largest absolute Gasteiger partial charge is 0.504 e. The number of benzene rings is 2. The Morgan fingerprint density at radius 3 is 1.88 bits per heavy atom. The van der Waals surface area contributed by atoms with Gasteiger partial charge in [-0.2, -0.15) is 0 Å². The molecule has 0 radical (unpaired) electrons. The maximum Gasteiger partial charge on any atom is 0.229 e. The van der Waals surface area contributed by atoms with E-state index in [1.165, 1.54) is 12.1 Å². The van der Waals surface area contributed by atoms with Gasteiger partial charge in [-0.15, -0.1) is 0 Å². The van der Waals surface area contributed by atoms with Crippen molar-refractivity contribution in [3.8, 4) is 28.7 Å². The number of phenols is 1. The molecule has 0 amide bonds. The first kappa shape index (κ1) is 32.6. The van der Waals surface area contributed by atoms with Gasteiger partial charge in [0.15, 0.2) is 23.0 Å². The molecule has 4 rings (SSSR count). The first-order chi connectivity index (χ1) is 20.4. The molecule has 5 N–H and O–H groups in total. The molecule has 43 heavy (non-hydrogen) atoms. The molecule has 0 spiro atoms. The van der Waals surface area contributed by atoms with Gasteiger partial charge >= 0.3 is 0 Å². The number of fused-ring (bicyclic) bond motifs is 2. The Morgan fingerprint density at radius 2 is 1.33 bits per heavy atom. The lowest BCUT2D eigenvalue weighted by Crippen LogP contribution is -2.60. The predicted molar refractivity (Wildman–Crippen MR) is 157 cm³/mol. The van der Waals surface area contributed by atoms with E-state index >= 15 is 0 Å². The average molecular weight is 607 g/mol. The minimum absolute atomic E-state index is 0.000426. The highest BCUT2D eigenvalue weighted by Crippen LogP contribution is 2.45. The maximum absolute atomic E-state index is 13.9. The highest BCUT2D eigenvalue weighted by atomic mass is 16.7. The molecule has 2 heterocycles. The number of phenolic OH excluding ortho intramolecular Hbond substituents is 1. The fourth-order valence-corrected chi connectivity index (χ4v) is 4.53. The summed E-state index contributed by atoms with van der Waals surface area (Å²) in [4.78, 5) is 13.9. The van der Waals surface area contributed by atoms with E-state index in [0.717, 1.165) is 6.42 Å². The van der Waals surface area contributed by atoms with Crippen molar-refractivity contribution in [1.29, 1.82) is 0 Å². The van der Waals surface area contributed by atoms with Crippen molar-refractivity contribution < 1.29 is 53.6 Å². The van der Waals surface area contributed by atoms with Crippen LogP contribution in [-0.4, -0.2) is 81.2 Å². The summed E-state index contributed by atoms with van der Waals surface area (Å²) in [6, 6.07) is 4.50. The second kappa shape index (κ2) is 13.6. The van der Waals surface area contributed by atoms with Crippen LogP contribution in [0.5, 0.6) is 28.7 Å². The predicted octanol–water partition coefficient (Wildman–Crippen LogP) is 3.36. The van der Waals surface area contributed by atoms with E-state index in [2.05, 4.69) is 0 Å². The SMILES string of the molecule is CCC(C)Oc1cc2oc3cc(OC(C)CC)c(O[C@@H]4O[C@H](CO)[C@@H](O)[C@H](O)[C@H]4O)c(O)c3c(=O)c2cc1OC(C)CC. The van der Waals surface area contributed by atoms with Gasteiger partial charge < -0.3 is 53.6 Å². The topological polar surface area (TPSA) is 178 Å². The van der Waals surface area contributed by atoms with Gasteiger partial charge in [0.1, 0.15) is 41.0 Å². The smallest absolute Gasteiger partial charge is 0.229 e. The summed E-state index contributed by atoms with van der Waals surface area (Å²) in [5, 5.41) is 51.9. The van der Waals surface area contributed by atoms with E-state index in [1.54, 1.807) is 13.0 Å². The second-order valence-corrected chi connectivity index (χ2v) is 11.0. The summed E-state index contributed by atoms with van der Waals surface area (Å²) in [7, 11) is 0. The van der Waals surface area contributed by atoms with Crippen LogP contribution in [-0.2, 0) is 4.74 Å². The highest BCUT2D eigenvalue weighted by molar-refractivity contribution is 5.96. The third-order valence-corrected chi connectivity index (χ3v) is 7.71. The van der Waals surface area contributed by atoms with Crippen LogP contribution in [0.1, 0.15) is 60.8 Å². The van der Waals surface area contributed by atoms with Crippen molar-refractivity contribution in [2.45, 2.75) is 110 Å². The lowest BCUT2D eigenvalue weighted by molar-refractivity contribution is -0.277. The van der Waals surface area contributed by atoms with Crippen molar-refractivity contribution >= 4 is 21.9 Å². The Kier molecular flexibility index (Phi) is 10.3. The number of hydrogen-bond acceptors (Lipinski definition) is 12. The quantitative estimate of drug-likeness (QED) is 0.190. The standard InChI is InChI=1S/C31H42O12/c1-7-14(4)38-19-10-17-18(11-20(19)39-15(5)8-2)41-21-12-22(40-16(6)9-3)30(27(35)24(21)25(17)33)43-31-29(37)28(36)26(34)23(13-32)42-31/h10-12,14-16,23,26,28-29,31-32,34-37H,7-9,13H2,1-6H3/t14?,15?,16?,23-,26-,28+,29-,31+/m1/s1. The third-order valence-electron chi connectivity index (χ3n) is 7.71. The summed E-state index contributed by atoms with van der Waals surface area (Å²) in [6.45, 7) is 10.8. The zero-order valence-electron chi connectivity index (χ0n) is 25.3. The van der Waals surface area contributed by atoms with Crippen molar-refractivity contribution in [1.82, 2.24) is 0 Å². The van der Waals surface area contributed by atoms with E-state index in [-0.39, 0.29) is 51.7 Å². The monoisotopic (exact) mass is 606 g/mol. The molecule has 0 saturated carbocycles. The summed E-state index contributed by atoms with van der Waals surface area (Å²) in [5.74, 6) is -0.258. The molecule has 3 unspecified atom stereocenters. The van der Waals surface area contributed by atoms with Gasteiger partial charge in [0.05, 0.1) is 30.3 Å². The summed E-state index contributed by atoms with van der Waals surface area (Å²) < 4.78 is 35.6. The lowest BCUT2D eigenvalue weighted by atomic mass is 9.99. The Balaban J connectivity index is 1.91. The van der Waals surface area contributed by atoms with Gasteiger partial charge in [-0.05, 0) is 46.1 Å². The van der Waals surface area contributed by atoms with Gasteiger partial charge in [0.2, 0.25) is 17.5 Å². The van der Waals surface area contributed by atoms with Crippen LogP contribution in [0.3, 0.4) is 0 Å². The maximum atomic E-state index is 13.9. The molecule has 1 aliphatic heterocycles. The second-order valence-electron chi connectivity index (χ2n) is 11.0. The van der Waals surface area contributed by atoms with E-state index in [1.807, 2.05) is 34.6 Å².